The van der Waals surface area contributed by atoms with Crippen LogP contribution in [-0.2, 0) is 17.6 Å². The predicted octanol–water partition coefficient (Wildman–Crippen LogP) is 4.52. The molecule has 2 aromatic carbocycles. The van der Waals surface area contributed by atoms with Crippen molar-refractivity contribution < 1.29 is 4.79 Å². The lowest BCUT2D eigenvalue weighted by Crippen LogP contribution is -2.15. The molecule has 0 unspecified atom stereocenters. The topological polar surface area (TPSA) is 55.1 Å². The molecule has 0 spiro atoms. The van der Waals surface area contributed by atoms with Gasteiger partial charge >= 0.3 is 0 Å². The van der Waals surface area contributed by atoms with E-state index in [1.807, 2.05) is 31.2 Å². The van der Waals surface area contributed by atoms with Gasteiger partial charge in [-0.25, -0.2) is 0 Å². The molecule has 0 atom stereocenters. The van der Waals surface area contributed by atoms with Crippen molar-refractivity contribution in [2.45, 2.75) is 39.5 Å². The van der Waals surface area contributed by atoms with Crippen LogP contribution < -0.4 is 11.1 Å². The summed E-state index contributed by atoms with van der Waals surface area (Å²) in [7, 11) is 0. The number of carbonyl (C=O) groups excluding carboxylic acids is 1. The summed E-state index contributed by atoms with van der Waals surface area (Å²) in [5.74, 6) is -0.0185. The SMILES string of the molecule is CCCCc1ccc(CC(=O)Nc2cc(N)ccc2C)cc1.Cl. The van der Waals surface area contributed by atoms with Gasteiger partial charge in [-0.15, -0.1) is 12.4 Å². The Hall–Kier alpha value is -2.00. The fraction of sp³-hybridized carbons (Fsp3) is 0.316. The molecule has 3 N–H and O–H groups in total. The van der Waals surface area contributed by atoms with Gasteiger partial charge in [0.25, 0.3) is 0 Å². The van der Waals surface area contributed by atoms with E-state index in [1.165, 1.54) is 18.4 Å². The van der Waals surface area contributed by atoms with Gasteiger partial charge in [-0.05, 0) is 48.6 Å². The van der Waals surface area contributed by atoms with E-state index in [0.29, 0.717) is 12.1 Å². The minimum atomic E-state index is -0.0185. The van der Waals surface area contributed by atoms with Gasteiger partial charge in [0.15, 0.2) is 0 Å². The number of hydrogen-bond donors (Lipinski definition) is 2. The number of nitrogens with two attached hydrogens (primary N) is 1. The number of amides is 1. The summed E-state index contributed by atoms with van der Waals surface area (Å²) in [6.45, 7) is 4.15. The van der Waals surface area contributed by atoms with Gasteiger partial charge < -0.3 is 11.1 Å². The van der Waals surface area contributed by atoms with Crippen molar-refractivity contribution in [1.82, 2.24) is 0 Å². The Morgan fingerprint density at radius 3 is 2.39 bits per heavy atom. The Morgan fingerprint density at radius 2 is 1.74 bits per heavy atom. The standard InChI is InChI=1S/C19H24N2O.ClH/c1-3-4-5-15-7-9-16(10-8-15)12-19(22)21-18-13-17(20)11-6-14(18)2;/h6-11,13H,3-5,12,20H2,1-2H3,(H,21,22);1H. The Labute approximate surface area is 144 Å². The van der Waals surface area contributed by atoms with Gasteiger partial charge in [-0.3, -0.25) is 4.79 Å². The smallest absolute Gasteiger partial charge is 0.228 e. The van der Waals surface area contributed by atoms with Crippen molar-refractivity contribution in [3.63, 3.8) is 0 Å². The largest absolute Gasteiger partial charge is 0.399 e. The lowest BCUT2D eigenvalue weighted by atomic mass is 10.0. The summed E-state index contributed by atoms with van der Waals surface area (Å²) in [6, 6.07) is 13.8. The van der Waals surface area contributed by atoms with Crippen LogP contribution in [0, 0.1) is 6.92 Å². The van der Waals surface area contributed by atoms with Crippen LogP contribution in [0.3, 0.4) is 0 Å². The van der Waals surface area contributed by atoms with Crippen molar-refractivity contribution in [1.29, 1.82) is 0 Å². The van der Waals surface area contributed by atoms with E-state index < -0.39 is 0 Å². The zero-order chi connectivity index (χ0) is 15.9. The number of aryl methyl sites for hydroxylation is 2. The fourth-order valence-electron chi connectivity index (χ4n) is 2.36. The Bertz CT molecular complexity index is 638. The summed E-state index contributed by atoms with van der Waals surface area (Å²) in [6.07, 6.45) is 3.88. The van der Waals surface area contributed by atoms with Gasteiger partial charge in [-0.1, -0.05) is 43.7 Å². The van der Waals surface area contributed by atoms with Crippen LogP contribution in [0.4, 0.5) is 11.4 Å². The number of nitrogen functional groups attached to an aromatic ring is 1. The van der Waals surface area contributed by atoms with Crippen LogP contribution in [-0.4, -0.2) is 5.91 Å². The molecule has 3 nitrogen and oxygen atoms in total. The molecule has 124 valence electrons. The number of carbonyl (C=O) groups is 1. The summed E-state index contributed by atoms with van der Waals surface area (Å²) in [5, 5.41) is 2.93. The lowest BCUT2D eigenvalue weighted by Gasteiger charge is -2.09. The quantitative estimate of drug-likeness (QED) is 0.764. The van der Waals surface area contributed by atoms with Crippen molar-refractivity contribution in [3.8, 4) is 0 Å². The van der Waals surface area contributed by atoms with E-state index in [2.05, 4.69) is 24.4 Å². The fourth-order valence-corrected chi connectivity index (χ4v) is 2.36. The van der Waals surface area contributed by atoms with Gasteiger partial charge in [0.1, 0.15) is 0 Å². The minimum absolute atomic E-state index is 0. The van der Waals surface area contributed by atoms with Gasteiger partial charge in [0, 0.05) is 11.4 Å². The molecular formula is C19H25ClN2O. The highest BCUT2D eigenvalue weighted by Gasteiger charge is 2.06. The molecule has 0 aromatic heterocycles. The molecule has 2 rings (SSSR count). The molecule has 0 fully saturated rings. The zero-order valence-electron chi connectivity index (χ0n) is 13.8. The third-order valence-electron chi connectivity index (χ3n) is 3.74. The van der Waals surface area contributed by atoms with Crippen LogP contribution in [0.2, 0.25) is 0 Å². The third-order valence-corrected chi connectivity index (χ3v) is 3.74. The number of nitrogens with one attached hydrogen (secondary N) is 1. The molecule has 2 aromatic rings. The average molecular weight is 333 g/mol. The maximum Gasteiger partial charge on any atom is 0.228 e. The highest BCUT2D eigenvalue weighted by molar-refractivity contribution is 5.93. The van der Waals surface area contributed by atoms with E-state index in [-0.39, 0.29) is 18.3 Å². The Balaban J connectivity index is 0.00000264. The van der Waals surface area contributed by atoms with Crippen molar-refractivity contribution in [2.75, 3.05) is 11.1 Å². The van der Waals surface area contributed by atoms with Crippen LogP contribution >= 0.6 is 12.4 Å². The molecule has 0 aliphatic carbocycles. The molecule has 0 bridgehead atoms. The normalized spacial score (nSPS) is 10.0. The molecule has 0 saturated heterocycles. The van der Waals surface area contributed by atoms with Crippen LogP contribution in [0.15, 0.2) is 42.5 Å². The molecule has 0 radical (unpaired) electrons. The maximum absolute atomic E-state index is 12.2. The summed E-state index contributed by atoms with van der Waals surface area (Å²) in [5.41, 5.74) is 10.6. The second kappa shape index (κ2) is 9.21. The monoisotopic (exact) mass is 332 g/mol. The molecular weight excluding hydrogens is 308 g/mol. The summed E-state index contributed by atoms with van der Waals surface area (Å²) < 4.78 is 0. The van der Waals surface area contributed by atoms with Gasteiger partial charge in [0.05, 0.1) is 6.42 Å². The first-order chi connectivity index (χ1) is 10.6. The Morgan fingerprint density at radius 1 is 1.09 bits per heavy atom. The molecule has 23 heavy (non-hydrogen) atoms. The molecule has 0 aliphatic rings. The third kappa shape index (κ3) is 5.95. The number of anilines is 2. The predicted molar refractivity (Wildman–Crippen MR) is 100 cm³/mol. The number of rotatable bonds is 6. The van der Waals surface area contributed by atoms with Crippen molar-refractivity contribution in [3.05, 3.63) is 59.2 Å². The molecule has 0 heterocycles. The molecule has 1 amide bonds. The first-order valence-electron chi connectivity index (χ1n) is 7.82. The summed E-state index contributed by atoms with van der Waals surface area (Å²) in [4.78, 5) is 12.2. The molecule has 0 aliphatic heterocycles. The van der Waals surface area contributed by atoms with E-state index in [4.69, 9.17) is 5.73 Å². The highest BCUT2D eigenvalue weighted by atomic mass is 35.5. The van der Waals surface area contributed by atoms with Gasteiger partial charge in [0.2, 0.25) is 5.91 Å². The van der Waals surface area contributed by atoms with E-state index in [0.717, 1.165) is 23.2 Å². The Kier molecular flexibility index (Phi) is 7.63. The van der Waals surface area contributed by atoms with Crippen LogP contribution in [0.1, 0.15) is 36.5 Å². The average Bonchev–Trinajstić information content (AvgIpc) is 2.50. The van der Waals surface area contributed by atoms with E-state index in [1.54, 1.807) is 6.07 Å². The number of hydrogen-bond acceptors (Lipinski definition) is 2. The van der Waals surface area contributed by atoms with Crippen LogP contribution in [0.25, 0.3) is 0 Å². The molecule has 4 heteroatoms. The highest BCUT2D eigenvalue weighted by Crippen LogP contribution is 2.18. The first kappa shape index (κ1) is 19.0. The lowest BCUT2D eigenvalue weighted by molar-refractivity contribution is -0.115. The first-order valence-corrected chi connectivity index (χ1v) is 7.82. The van der Waals surface area contributed by atoms with E-state index in [9.17, 15) is 4.79 Å². The minimum Gasteiger partial charge on any atom is -0.399 e. The zero-order valence-corrected chi connectivity index (χ0v) is 14.6. The number of benzene rings is 2. The van der Waals surface area contributed by atoms with Gasteiger partial charge in [-0.2, -0.15) is 0 Å². The maximum atomic E-state index is 12.2. The second-order valence-electron chi connectivity index (χ2n) is 5.72. The number of unbranched alkanes of at least 4 members (excludes halogenated alkanes) is 1. The second-order valence-corrected chi connectivity index (χ2v) is 5.72. The molecule has 0 saturated carbocycles. The summed E-state index contributed by atoms with van der Waals surface area (Å²) >= 11 is 0. The van der Waals surface area contributed by atoms with E-state index >= 15 is 0 Å². The number of halogens is 1. The van der Waals surface area contributed by atoms with Crippen LogP contribution in [0.5, 0.6) is 0 Å². The van der Waals surface area contributed by atoms with Crippen molar-refractivity contribution >= 4 is 29.7 Å². The van der Waals surface area contributed by atoms with Crippen molar-refractivity contribution in [2.24, 2.45) is 0 Å².